The molecule has 0 radical (unpaired) electrons. The Morgan fingerprint density at radius 1 is 1.15 bits per heavy atom. The first-order valence-electron chi connectivity index (χ1n) is 8.72. The van der Waals surface area contributed by atoms with E-state index in [0.717, 1.165) is 12.8 Å². The van der Waals surface area contributed by atoms with E-state index in [1.807, 2.05) is 0 Å². The Kier molecular flexibility index (Phi) is 4.97. The van der Waals surface area contributed by atoms with Crippen molar-refractivity contribution in [3.63, 3.8) is 0 Å². The molecule has 1 unspecified atom stereocenters. The SMILES string of the molecule is COc1cc(C(=O)NC2(C#N)C[C@H]3CC[C@@H](C2)N3C)cc(OC)c1OC. The number of ether oxygens (including phenoxy) is 3. The Balaban J connectivity index is 1.87. The molecule has 2 saturated heterocycles. The molecule has 0 aliphatic carbocycles. The van der Waals surface area contributed by atoms with Crippen molar-refractivity contribution in [3.8, 4) is 23.3 Å². The van der Waals surface area contributed by atoms with Crippen molar-refractivity contribution in [2.24, 2.45) is 0 Å². The van der Waals surface area contributed by atoms with Crippen LogP contribution >= 0.6 is 0 Å². The Labute approximate surface area is 153 Å². The maximum Gasteiger partial charge on any atom is 0.252 e. The lowest BCUT2D eigenvalue weighted by molar-refractivity contribution is 0.0807. The number of benzene rings is 1. The number of fused-ring (bicyclic) bond motifs is 2. The number of carbonyl (C=O) groups excluding carboxylic acids is 1. The Hall–Kier alpha value is -2.46. The third-order valence-electron chi connectivity index (χ3n) is 5.65. The van der Waals surface area contributed by atoms with Crippen LogP contribution in [-0.4, -0.2) is 56.8 Å². The number of amides is 1. The summed E-state index contributed by atoms with van der Waals surface area (Å²) in [7, 11) is 6.62. The van der Waals surface area contributed by atoms with Gasteiger partial charge in [-0.05, 0) is 44.9 Å². The van der Waals surface area contributed by atoms with Gasteiger partial charge in [-0.15, -0.1) is 0 Å². The van der Waals surface area contributed by atoms with Crippen molar-refractivity contribution in [3.05, 3.63) is 17.7 Å². The summed E-state index contributed by atoms with van der Waals surface area (Å²) in [6.45, 7) is 0. The molecule has 0 saturated carbocycles. The quantitative estimate of drug-likeness (QED) is 0.865. The van der Waals surface area contributed by atoms with Gasteiger partial charge in [-0.1, -0.05) is 0 Å². The summed E-state index contributed by atoms with van der Waals surface area (Å²) in [5.41, 5.74) is -0.462. The molecule has 1 aromatic rings. The molecule has 0 aromatic heterocycles. The van der Waals surface area contributed by atoms with Gasteiger partial charge < -0.3 is 24.4 Å². The number of hydrogen-bond acceptors (Lipinski definition) is 6. The van der Waals surface area contributed by atoms with Crippen LogP contribution in [0.2, 0.25) is 0 Å². The minimum atomic E-state index is -0.837. The standard InChI is InChI=1S/C19H25N3O4/c1-22-13-5-6-14(22)10-19(9-13,11-20)21-18(23)12-7-15(24-2)17(26-4)16(8-12)25-3/h7-8,13-14H,5-6,9-10H2,1-4H3,(H,21,23)/t13-,14+,19?. The molecule has 1 N–H and O–H groups in total. The molecule has 3 rings (SSSR count). The molecule has 2 bridgehead atoms. The van der Waals surface area contributed by atoms with E-state index < -0.39 is 5.54 Å². The predicted molar refractivity (Wildman–Crippen MR) is 95.7 cm³/mol. The Morgan fingerprint density at radius 3 is 2.12 bits per heavy atom. The minimum Gasteiger partial charge on any atom is -0.493 e. The first kappa shape index (κ1) is 18.3. The molecule has 3 atom stereocenters. The molecular formula is C19H25N3O4. The molecule has 7 heteroatoms. The summed E-state index contributed by atoms with van der Waals surface area (Å²) in [6, 6.07) is 6.26. The lowest BCUT2D eigenvalue weighted by atomic mass is 9.84. The predicted octanol–water partition coefficient (Wildman–Crippen LogP) is 1.96. The van der Waals surface area contributed by atoms with Crippen LogP contribution in [0.15, 0.2) is 12.1 Å². The van der Waals surface area contributed by atoms with Crippen molar-refractivity contribution >= 4 is 5.91 Å². The number of nitrogens with zero attached hydrogens (tertiary/aromatic N) is 2. The molecular weight excluding hydrogens is 334 g/mol. The van der Waals surface area contributed by atoms with Gasteiger partial charge in [0.2, 0.25) is 5.75 Å². The van der Waals surface area contributed by atoms with Crippen LogP contribution in [0, 0.1) is 11.3 Å². The average Bonchev–Trinajstić information content (AvgIpc) is 2.88. The van der Waals surface area contributed by atoms with Gasteiger partial charge >= 0.3 is 0 Å². The summed E-state index contributed by atoms with van der Waals surface area (Å²) in [5.74, 6) is 0.937. The van der Waals surface area contributed by atoms with Crippen LogP contribution in [0.4, 0.5) is 0 Å². The lowest BCUT2D eigenvalue weighted by Gasteiger charge is -2.41. The fourth-order valence-corrected chi connectivity index (χ4v) is 4.19. The van der Waals surface area contributed by atoms with E-state index >= 15 is 0 Å². The number of nitriles is 1. The fourth-order valence-electron chi connectivity index (χ4n) is 4.19. The molecule has 2 heterocycles. The highest BCUT2D eigenvalue weighted by atomic mass is 16.5. The number of piperidine rings is 1. The van der Waals surface area contributed by atoms with E-state index in [-0.39, 0.29) is 5.91 Å². The normalized spacial score (nSPS) is 27.5. The van der Waals surface area contributed by atoms with E-state index in [0.29, 0.717) is 47.7 Å². The minimum absolute atomic E-state index is 0.310. The summed E-state index contributed by atoms with van der Waals surface area (Å²) in [4.78, 5) is 15.2. The van der Waals surface area contributed by atoms with E-state index in [9.17, 15) is 10.1 Å². The first-order chi connectivity index (χ1) is 12.5. The van der Waals surface area contributed by atoms with Crippen molar-refractivity contribution in [1.29, 1.82) is 5.26 Å². The van der Waals surface area contributed by atoms with Gasteiger partial charge in [-0.2, -0.15) is 5.26 Å². The lowest BCUT2D eigenvalue weighted by Crippen LogP contribution is -2.57. The molecule has 1 amide bonds. The van der Waals surface area contributed by atoms with Crippen LogP contribution in [0.25, 0.3) is 0 Å². The molecule has 7 nitrogen and oxygen atoms in total. The third-order valence-corrected chi connectivity index (χ3v) is 5.65. The highest BCUT2D eigenvalue weighted by Crippen LogP contribution is 2.41. The van der Waals surface area contributed by atoms with Gasteiger partial charge in [-0.3, -0.25) is 4.79 Å². The Morgan fingerprint density at radius 2 is 1.69 bits per heavy atom. The van der Waals surface area contributed by atoms with Crippen molar-refractivity contribution in [2.45, 2.75) is 43.3 Å². The summed E-state index contributed by atoms with van der Waals surface area (Å²) in [6.07, 6.45) is 3.44. The van der Waals surface area contributed by atoms with E-state index in [1.54, 1.807) is 12.1 Å². The first-order valence-corrected chi connectivity index (χ1v) is 8.72. The topological polar surface area (TPSA) is 83.8 Å². The molecule has 2 aliphatic heterocycles. The molecule has 2 fully saturated rings. The van der Waals surface area contributed by atoms with Crippen LogP contribution < -0.4 is 19.5 Å². The highest BCUT2D eigenvalue weighted by molar-refractivity contribution is 5.96. The van der Waals surface area contributed by atoms with Crippen molar-refractivity contribution in [1.82, 2.24) is 10.2 Å². The molecule has 26 heavy (non-hydrogen) atoms. The summed E-state index contributed by atoms with van der Waals surface area (Å²) < 4.78 is 15.9. The number of hydrogen-bond donors (Lipinski definition) is 1. The second-order valence-electron chi connectivity index (χ2n) is 7.02. The van der Waals surface area contributed by atoms with Crippen molar-refractivity contribution in [2.75, 3.05) is 28.4 Å². The largest absolute Gasteiger partial charge is 0.493 e. The zero-order chi connectivity index (χ0) is 18.9. The van der Waals surface area contributed by atoms with Crippen LogP contribution in [0.1, 0.15) is 36.0 Å². The van der Waals surface area contributed by atoms with Crippen molar-refractivity contribution < 1.29 is 19.0 Å². The highest BCUT2D eigenvalue weighted by Gasteiger charge is 2.48. The molecule has 2 aliphatic rings. The maximum absolute atomic E-state index is 12.9. The second kappa shape index (κ2) is 7.04. The number of rotatable bonds is 5. The van der Waals surface area contributed by atoms with E-state index in [1.165, 1.54) is 21.3 Å². The number of methoxy groups -OCH3 is 3. The average molecular weight is 359 g/mol. The zero-order valence-corrected chi connectivity index (χ0v) is 15.7. The van der Waals surface area contributed by atoms with Crippen LogP contribution in [0.3, 0.4) is 0 Å². The van der Waals surface area contributed by atoms with E-state index in [2.05, 4.69) is 23.3 Å². The van der Waals surface area contributed by atoms with E-state index in [4.69, 9.17) is 14.2 Å². The van der Waals surface area contributed by atoms with Gasteiger partial charge in [0.05, 0.1) is 27.4 Å². The Bertz CT molecular complexity index is 704. The molecule has 1 aromatic carbocycles. The van der Waals surface area contributed by atoms with Gasteiger partial charge in [0.15, 0.2) is 11.5 Å². The van der Waals surface area contributed by atoms with Gasteiger partial charge in [0.25, 0.3) is 5.91 Å². The fraction of sp³-hybridized carbons (Fsp3) is 0.579. The molecule has 140 valence electrons. The van der Waals surface area contributed by atoms with Gasteiger partial charge in [-0.25, -0.2) is 0 Å². The smallest absolute Gasteiger partial charge is 0.252 e. The van der Waals surface area contributed by atoms with Gasteiger partial charge in [0.1, 0.15) is 5.54 Å². The number of carbonyl (C=O) groups is 1. The second-order valence-corrected chi connectivity index (χ2v) is 7.02. The monoisotopic (exact) mass is 359 g/mol. The molecule has 0 spiro atoms. The van der Waals surface area contributed by atoms with Crippen LogP contribution in [-0.2, 0) is 0 Å². The summed E-state index contributed by atoms with van der Waals surface area (Å²) >= 11 is 0. The summed E-state index contributed by atoms with van der Waals surface area (Å²) in [5, 5.41) is 12.8. The number of nitrogens with one attached hydrogen (secondary N) is 1. The zero-order valence-electron chi connectivity index (χ0n) is 15.7. The maximum atomic E-state index is 12.9. The third kappa shape index (κ3) is 3.06. The van der Waals surface area contributed by atoms with Gasteiger partial charge in [0, 0.05) is 17.6 Å². The van der Waals surface area contributed by atoms with Crippen LogP contribution in [0.5, 0.6) is 17.2 Å².